The average Bonchev–Trinajstić information content (AvgIpc) is 3.15. The van der Waals surface area contributed by atoms with Crippen LogP contribution in [0, 0.1) is 5.82 Å². The van der Waals surface area contributed by atoms with Gasteiger partial charge in [0.25, 0.3) is 0 Å². The highest BCUT2D eigenvalue weighted by Crippen LogP contribution is 2.34. The molecule has 2 amide bonds. The molecule has 8 nitrogen and oxygen atoms in total. The Labute approximate surface area is 187 Å². The SMILES string of the molecule is CN(Cc1ccc(C(F)(F)F)cc1F)C(=O)C(=O)Nc1cnc(N)c2cnn(PI)c12. The van der Waals surface area contributed by atoms with Gasteiger partial charge in [-0.3, -0.25) is 9.59 Å². The summed E-state index contributed by atoms with van der Waals surface area (Å²) in [5.41, 5.74) is 5.19. The fraction of sp³-hybridized carbons (Fsp3) is 0.176. The summed E-state index contributed by atoms with van der Waals surface area (Å²) in [5, 5.41) is 7.07. The van der Waals surface area contributed by atoms with Crippen molar-refractivity contribution in [3.63, 3.8) is 0 Å². The molecule has 0 bridgehead atoms. The van der Waals surface area contributed by atoms with E-state index >= 15 is 0 Å². The Morgan fingerprint density at radius 3 is 2.65 bits per heavy atom. The van der Waals surface area contributed by atoms with Crippen molar-refractivity contribution in [1.82, 2.24) is 19.4 Å². The zero-order valence-electron chi connectivity index (χ0n) is 15.7. The Hall–Kier alpha value is -2.54. The maximum Gasteiger partial charge on any atom is 0.416 e. The molecular formula is C17H14F4IN6O2P. The van der Waals surface area contributed by atoms with Crippen LogP contribution < -0.4 is 11.1 Å². The lowest BCUT2D eigenvalue weighted by atomic mass is 10.1. The minimum Gasteiger partial charge on any atom is -0.383 e. The summed E-state index contributed by atoms with van der Waals surface area (Å²) in [6.07, 6.45) is -1.73. The van der Waals surface area contributed by atoms with Crippen LogP contribution in [0.15, 0.2) is 30.6 Å². The number of anilines is 2. The van der Waals surface area contributed by atoms with E-state index < -0.39 is 35.9 Å². The molecule has 1 aromatic carbocycles. The predicted octanol–water partition coefficient (Wildman–Crippen LogP) is 3.56. The predicted molar refractivity (Wildman–Crippen MR) is 116 cm³/mol. The van der Waals surface area contributed by atoms with E-state index in [0.717, 1.165) is 11.0 Å². The van der Waals surface area contributed by atoms with Crippen molar-refractivity contribution in [3.8, 4) is 0 Å². The van der Waals surface area contributed by atoms with Crippen molar-refractivity contribution in [1.29, 1.82) is 0 Å². The molecule has 0 aliphatic heterocycles. The van der Waals surface area contributed by atoms with Gasteiger partial charge in [-0.1, -0.05) is 6.07 Å². The second-order valence-electron chi connectivity index (χ2n) is 6.38. The van der Waals surface area contributed by atoms with E-state index in [0.29, 0.717) is 23.0 Å². The van der Waals surface area contributed by atoms with Gasteiger partial charge in [-0.15, -0.1) is 0 Å². The molecule has 2 aromatic heterocycles. The van der Waals surface area contributed by atoms with Crippen LogP contribution in [-0.4, -0.2) is 38.3 Å². The highest BCUT2D eigenvalue weighted by molar-refractivity contribution is 14.2. The van der Waals surface area contributed by atoms with Gasteiger partial charge < -0.3 is 16.0 Å². The molecule has 0 spiro atoms. The fourth-order valence-electron chi connectivity index (χ4n) is 2.74. The van der Waals surface area contributed by atoms with Crippen LogP contribution in [0.5, 0.6) is 0 Å². The number of likely N-dealkylation sites (N-methyl/N-ethyl adjacent to an activating group) is 1. The number of nitrogens with zero attached hydrogens (tertiary/aromatic N) is 4. The number of nitrogens with two attached hydrogens (primary N) is 1. The molecular weight excluding hydrogens is 554 g/mol. The van der Waals surface area contributed by atoms with E-state index in [1.807, 2.05) is 0 Å². The van der Waals surface area contributed by atoms with Crippen LogP contribution in [-0.2, 0) is 22.3 Å². The number of nitrogens with one attached hydrogen (secondary N) is 1. The number of hydrogen-bond donors (Lipinski definition) is 2. The molecule has 0 aliphatic rings. The third-order valence-corrected chi connectivity index (χ3v) is 6.16. The van der Waals surface area contributed by atoms with Crippen molar-refractivity contribution < 1.29 is 27.2 Å². The number of pyridine rings is 1. The van der Waals surface area contributed by atoms with E-state index in [9.17, 15) is 27.2 Å². The Bertz CT molecular complexity index is 1170. The number of nitrogen functional groups attached to an aromatic ring is 1. The third kappa shape index (κ3) is 4.87. The molecule has 0 saturated heterocycles. The Morgan fingerprint density at radius 2 is 2.03 bits per heavy atom. The van der Waals surface area contributed by atoms with Crippen molar-refractivity contribution in [2.45, 2.75) is 12.7 Å². The second kappa shape index (κ2) is 8.91. The summed E-state index contributed by atoms with van der Waals surface area (Å²) in [6, 6.07) is 1.98. The summed E-state index contributed by atoms with van der Waals surface area (Å²) in [4.78, 5) is 29.7. The van der Waals surface area contributed by atoms with E-state index in [-0.39, 0.29) is 23.4 Å². The number of carbonyl (C=O) groups excluding carboxylic acids is 2. The summed E-state index contributed by atoms with van der Waals surface area (Å²) in [7, 11) is 1.23. The van der Waals surface area contributed by atoms with Crippen LogP contribution in [0.2, 0.25) is 0 Å². The van der Waals surface area contributed by atoms with Gasteiger partial charge in [0.2, 0.25) is 0 Å². The van der Waals surface area contributed by atoms with Gasteiger partial charge >= 0.3 is 18.0 Å². The first-order valence-electron chi connectivity index (χ1n) is 8.44. The molecule has 2 heterocycles. The Morgan fingerprint density at radius 1 is 1.32 bits per heavy atom. The third-order valence-electron chi connectivity index (χ3n) is 4.29. The number of rotatable bonds is 4. The van der Waals surface area contributed by atoms with Crippen molar-refractivity contribution in [2.24, 2.45) is 0 Å². The number of amides is 2. The van der Waals surface area contributed by atoms with Crippen LogP contribution >= 0.6 is 28.4 Å². The molecule has 0 radical (unpaired) electrons. The molecule has 0 saturated carbocycles. The number of halogens is 5. The van der Waals surface area contributed by atoms with Crippen LogP contribution in [0.25, 0.3) is 10.9 Å². The molecule has 164 valence electrons. The highest BCUT2D eigenvalue weighted by Gasteiger charge is 2.31. The zero-order valence-corrected chi connectivity index (χ0v) is 18.8. The number of aromatic nitrogens is 3. The van der Waals surface area contributed by atoms with Crippen molar-refractivity contribution >= 4 is 62.6 Å². The summed E-state index contributed by atoms with van der Waals surface area (Å²) in [6.45, 7) is -0.404. The molecule has 31 heavy (non-hydrogen) atoms. The topological polar surface area (TPSA) is 106 Å². The Kier molecular flexibility index (Phi) is 6.65. The minimum absolute atomic E-state index is 0.169. The smallest absolute Gasteiger partial charge is 0.383 e. The van der Waals surface area contributed by atoms with E-state index in [2.05, 4.69) is 37.4 Å². The molecule has 0 aliphatic carbocycles. The van der Waals surface area contributed by atoms with Crippen LogP contribution in [0.1, 0.15) is 11.1 Å². The molecule has 0 fully saturated rings. The second-order valence-corrected chi connectivity index (χ2v) is 8.42. The minimum atomic E-state index is -4.69. The first-order valence-corrected chi connectivity index (χ1v) is 12.5. The normalized spacial score (nSPS) is 11.9. The molecule has 3 rings (SSSR count). The largest absolute Gasteiger partial charge is 0.416 e. The first-order chi connectivity index (χ1) is 14.5. The summed E-state index contributed by atoms with van der Waals surface area (Å²) in [5.74, 6) is -2.99. The molecule has 1 atom stereocenters. The van der Waals surface area contributed by atoms with E-state index in [1.54, 1.807) is 4.45 Å². The van der Waals surface area contributed by atoms with Crippen LogP contribution in [0.4, 0.5) is 29.1 Å². The zero-order chi connectivity index (χ0) is 22.9. The number of benzene rings is 1. The molecule has 3 aromatic rings. The molecule has 14 heteroatoms. The maximum atomic E-state index is 14.0. The molecule has 1 unspecified atom stereocenters. The number of hydrogen-bond acceptors (Lipinski definition) is 5. The first kappa shape index (κ1) is 23.1. The monoisotopic (exact) mass is 568 g/mol. The van der Waals surface area contributed by atoms with E-state index in [4.69, 9.17) is 5.73 Å². The van der Waals surface area contributed by atoms with Gasteiger partial charge in [-0.25, -0.2) is 13.8 Å². The van der Waals surface area contributed by atoms with Crippen molar-refractivity contribution in [2.75, 3.05) is 18.1 Å². The maximum absolute atomic E-state index is 14.0. The van der Waals surface area contributed by atoms with Gasteiger partial charge in [0.15, 0.2) is 0 Å². The Balaban J connectivity index is 1.77. The number of carbonyl (C=O) groups is 2. The van der Waals surface area contributed by atoms with Gasteiger partial charge in [-0.05, 0) is 34.2 Å². The summed E-state index contributed by atoms with van der Waals surface area (Å²) < 4.78 is 53.6. The number of fused-ring (bicyclic) bond motifs is 1. The van der Waals surface area contributed by atoms with Crippen LogP contribution in [0.3, 0.4) is 0 Å². The quantitative estimate of drug-likeness (QED) is 0.217. The van der Waals surface area contributed by atoms with E-state index in [1.165, 1.54) is 19.4 Å². The number of alkyl halides is 3. The van der Waals surface area contributed by atoms with Gasteiger partial charge in [-0.2, -0.15) is 18.3 Å². The average molecular weight is 568 g/mol. The fourth-order valence-corrected chi connectivity index (χ4v) is 4.27. The lowest BCUT2D eigenvalue weighted by Gasteiger charge is -2.18. The van der Waals surface area contributed by atoms with Gasteiger partial charge in [0, 0.05) is 19.2 Å². The highest BCUT2D eigenvalue weighted by atomic mass is 127. The lowest BCUT2D eigenvalue weighted by molar-refractivity contribution is -0.142. The van der Waals surface area contributed by atoms with Gasteiger partial charge in [0.1, 0.15) is 17.2 Å². The van der Waals surface area contributed by atoms with Gasteiger partial charge in [0.05, 0.1) is 35.4 Å². The van der Waals surface area contributed by atoms with Crippen molar-refractivity contribution in [3.05, 3.63) is 47.5 Å². The summed E-state index contributed by atoms with van der Waals surface area (Å²) >= 11 is 2.08. The standard InChI is InChI=1S/C17H14F4IN6O2P/c1-27(7-8-2-3-9(4-11(8)18)17(19,20)21)16(30)15(29)26-12-6-24-14(23)10-5-25-28(31-22)13(10)12/h2-6,31H,7H2,1H3,(H2,23,24)(H,26,29). The lowest BCUT2D eigenvalue weighted by Crippen LogP contribution is -2.37. The molecule has 3 N–H and O–H groups in total.